The number of fused-ring (bicyclic) bond motifs is 1. The zero-order valence-corrected chi connectivity index (χ0v) is 15.9. The number of ether oxygens (including phenoxy) is 1. The Kier molecular flexibility index (Phi) is 5.30. The van der Waals surface area contributed by atoms with Crippen LogP contribution in [0.4, 0.5) is 0 Å². The summed E-state index contributed by atoms with van der Waals surface area (Å²) in [5, 5.41) is 7.46. The summed E-state index contributed by atoms with van der Waals surface area (Å²) >= 11 is 0. The van der Waals surface area contributed by atoms with Crippen LogP contribution in [0.5, 0.6) is 5.75 Å². The van der Waals surface area contributed by atoms with Crippen LogP contribution in [0.25, 0.3) is 11.0 Å². The maximum Gasteiger partial charge on any atom is 0.336 e. The van der Waals surface area contributed by atoms with E-state index in [2.05, 4.69) is 10.2 Å². The summed E-state index contributed by atoms with van der Waals surface area (Å²) in [6.07, 6.45) is 1.61. The molecule has 1 N–H and O–H groups in total. The van der Waals surface area contributed by atoms with Gasteiger partial charge in [0, 0.05) is 19.3 Å². The first-order valence-electron chi connectivity index (χ1n) is 8.86. The molecule has 0 bridgehead atoms. The van der Waals surface area contributed by atoms with Crippen molar-refractivity contribution in [3.63, 3.8) is 0 Å². The van der Waals surface area contributed by atoms with E-state index in [-0.39, 0.29) is 11.5 Å². The standard InChI is InChI=1S/C20H23N3O4/c1-5-14-10-18(24)27-17-9-12(2)8-16(19(14)17)26-13(3)20(25)23(4)11-15-6-7-21-22-15/h6-10,13H,5,11H2,1-4H3,(H,21,22). The minimum absolute atomic E-state index is 0.158. The van der Waals surface area contributed by atoms with Gasteiger partial charge in [0.2, 0.25) is 0 Å². The van der Waals surface area contributed by atoms with Gasteiger partial charge in [-0.15, -0.1) is 0 Å². The molecule has 142 valence electrons. The summed E-state index contributed by atoms with van der Waals surface area (Å²) in [6, 6.07) is 6.96. The Morgan fingerprint density at radius 3 is 2.81 bits per heavy atom. The predicted molar refractivity (Wildman–Crippen MR) is 102 cm³/mol. The first-order chi connectivity index (χ1) is 12.9. The highest BCUT2D eigenvalue weighted by Gasteiger charge is 2.22. The highest BCUT2D eigenvalue weighted by molar-refractivity contribution is 5.88. The molecule has 3 aromatic rings. The summed E-state index contributed by atoms with van der Waals surface area (Å²) in [4.78, 5) is 26.1. The molecule has 0 saturated carbocycles. The van der Waals surface area contributed by atoms with Crippen LogP contribution in [0.2, 0.25) is 0 Å². The van der Waals surface area contributed by atoms with Crippen LogP contribution in [0, 0.1) is 6.92 Å². The molecule has 0 fully saturated rings. The van der Waals surface area contributed by atoms with E-state index in [4.69, 9.17) is 9.15 Å². The molecule has 0 spiro atoms. The van der Waals surface area contributed by atoms with E-state index in [1.54, 1.807) is 31.1 Å². The van der Waals surface area contributed by atoms with Gasteiger partial charge in [0.1, 0.15) is 11.3 Å². The molecule has 2 heterocycles. The number of hydrogen-bond donors (Lipinski definition) is 1. The van der Waals surface area contributed by atoms with Crippen molar-refractivity contribution in [2.75, 3.05) is 7.05 Å². The SMILES string of the molecule is CCc1cc(=O)oc2cc(C)cc(OC(C)C(=O)N(C)Cc3ccn[nH]3)c12. The van der Waals surface area contributed by atoms with Crippen LogP contribution in [0.1, 0.15) is 30.7 Å². The predicted octanol–water partition coefficient (Wildman–Crippen LogP) is 2.81. The molecule has 0 saturated heterocycles. The number of aryl methyl sites for hydroxylation is 2. The molecule has 7 heteroatoms. The summed E-state index contributed by atoms with van der Waals surface area (Å²) in [6.45, 7) is 5.98. The summed E-state index contributed by atoms with van der Waals surface area (Å²) < 4.78 is 11.4. The Balaban J connectivity index is 1.89. The third-order valence-electron chi connectivity index (χ3n) is 4.41. The highest BCUT2D eigenvalue weighted by Crippen LogP contribution is 2.31. The Morgan fingerprint density at radius 2 is 2.15 bits per heavy atom. The maximum atomic E-state index is 12.7. The van der Waals surface area contributed by atoms with Crippen molar-refractivity contribution in [3.05, 3.63) is 57.7 Å². The molecule has 2 aromatic heterocycles. The van der Waals surface area contributed by atoms with Gasteiger partial charge in [-0.2, -0.15) is 5.10 Å². The van der Waals surface area contributed by atoms with E-state index in [0.717, 1.165) is 22.2 Å². The number of nitrogens with one attached hydrogen (secondary N) is 1. The fourth-order valence-corrected chi connectivity index (χ4v) is 3.10. The number of carbonyl (C=O) groups excluding carboxylic acids is 1. The lowest BCUT2D eigenvalue weighted by atomic mass is 10.0. The van der Waals surface area contributed by atoms with Crippen LogP contribution >= 0.6 is 0 Å². The van der Waals surface area contributed by atoms with Gasteiger partial charge in [-0.25, -0.2) is 4.79 Å². The molecule has 1 aromatic carbocycles. The third kappa shape index (κ3) is 4.02. The Labute approximate surface area is 156 Å². The molecular weight excluding hydrogens is 346 g/mol. The average molecular weight is 369 g/mol. The van der Waals surface area contributed by atoms with Crippen molar-refractivity contribution in [1.29, 1.82) is 0 Å². The first-order valence-corrected chi connectivity index (χ1v) is 8.86. The van der Waals surface area contributed by atoms with Crippen molar-refractivity contribution < 1.29 is 13.9 Å². The molecule has 0 aliphatic carbocycles. The molecule has 1 amide bonds. The quantitative estimate of drug-likeness (QED) is 0.675. The fourth-order valence-electron chi connectivity index (χ4n) is 3.10. The van der Waals surface area contributed by atoms with Gasteiger partial charge in [0.05, 0.1) is 17.6 Å². The zero-order valence-electron chi connectivity index (χ0n) is 15.9. The second kappa shape index (κ2) is 7.65. The van der Waals surface area contributed by atoms with Gasteiger partial charge in [-0.05, 0) is 49.6 Å². The van der Waals surface area contributed by atoms with Gasteiger partial charge >= 0.3 is 5.63 Å². The number of hydrogen-bond acceptors (Lipinski definition) is 5. The van der Waals surface area contributed by atoms with Gasteiger partial charge < -0.3 is 14.1 Å². The van der Waals surface area contributed by atoms with Gasteiger partial charge in [-0.1, -0.05) is 6.92 Å². The van der Waals surface area contributed by atoms with Crippen molar-refractivity contribution in [2.24, 2.45) is 0 Å². The monoisotopic (exact) mass is 369 g/mol. The molecule has 7 nitrogen and oxygen atoms in total. The number of aromatic nitrogens is 2. The Bertz CT molecular complexity index is 1010. The van der Waals surface area contributed by atoms with Crippen LogP contribution < -0.4 is 10.4 Å². The zero-order chi connectivity index (χ0) is 19.6. The number of H-pyrrole nitrogens is 1. The van der Waals surface area contributed by atoms with Crippen LogP contribution in [-0.2, 0) is 17.8 Å². The van der Waals surface area contributed by atoms with Crippen molar-refractivity contribution in [2.45, 2.75) is 39.8 Å². The van der Waals surface area contributed by atoms with Crippen molar-refractivity contribution in [3.8, 4) is 5.75 Å². The molecule has 27 heavy (non-hydrogen) atoms. The largest absolute Gasteiger partial charge is 0.480 e. The number of rotatable bonds is 6. The minimum atomic E-state index is -0.695. The summed E-state index contributed by atoms with van der Waals surface area (Å²) in [7, 11) is 1.72. The Hall–Kier alpha value is -3.09. The highest BCUT2D eigenvalue weighted by atomic mass is 16.5. The van der Waals surface area contributed by atoms with Crippen LogP contribution in [0.15, 0.2) is 39.7 Å². The number of likely N-dealkylation sites (N-methyl/N-ethyl adjacent to an activating group) is 1. The first kappa shape index (κ1) is 18.7. The van der Waals surface area contributed by atoms with E-state index in [9.17, 15) is 9.59 Å². The molecule has 1 atom stereocenters. The molecule has 0 aliphatic heterocycles. The lowest BCUT2D eigenvalue weighted by Crippen LogP contribution is -2.37. The summed E-state index contributed by atoms with van der Waals surface area (Å²) in [5.41, 5.74) is 2.65. The molecular formula is C20H23N3O4. The third-order valence-corrected chi connectivity index (χ3v) is 4.41. The number of amides is 1. The minimum Gasteiger partial charge on any atom is -0.480 e. The van der Waals surface area contributed by atoms with Crippen LogP contribution in [0.3, 0.4) is 0 Å². The fraction of sp³-hybridized carbons (Fsp3) is 0.350. The van der Waals surface area contributed by atoms with E-state index < -0.39 is 6.10 Å². The number of benzene rings is 1. The second-order valence-electron chi connectivity index (χ2n) is 6.62. The maximum absolute atomic E-state index is 12.7. The van der Waals surface area contributed by atoms with Crippen LogP contribution in [-0.4, -0.2) is 34.2 Å². The van der Waals surface area contributed by atoms with Crippen molar-refractivity contribution >= 4 is 16.9 Å². The lowest BCUT2D eigenvalue weighted by molar-refractivity contribution is -0.137. The number of carbonyl (C=O) groups is 1. The average Bonchev–Trinajstić information content (AvgIpc) is 3.12. The van der Waals surface area contributed by atoms with Crippen molar-refractivity contribution in [1.82, 2.24) is 15.1 Å². The van der Waals surface area contributed by atoms with E-state index >= 15 is 0 Å². The smallest absolute Gasteiger partial charge is 0.336 e. The van der Waals surface area contributed by atoms with Gasteiger partial charge in [0.15, 0.2) is 6.10 Å². The second-order valence-corrected chi connectivity index (χ2v) is 6.62. The van der Waals surface area contributed by atoms with Gasteiger partial charge in [0.25, 0.3) is 5.91 Å². The normalized spacial score (nSPS) is 12.1. The summed E-state index contributed by atoms with van der Waals surface area (Å²) in [5.74, 6) is 0.385. The van der Waals surface area contributed by atoms with E-state index in [1.165, 1.54) is 6.07 Å². The number of aromatic amines is 1. The molecule has 0 radical (unpaired) electrons. The van der Waals surface area contributed by atoms with E-state index in [1.807, 2.05) is 26.0 Å². The lowest BCUT2D eigenvalue weighted by Gasteiger charge is -2.22. The topological polar surface area (TPSA) is 88.4 Å². The Morgan fingerprint density at radius 1 is 1.37 bits per heavy atom. The number of nitrogens with zero attached hydrogens (tertiary/aromatic N) is 2. The molecule has 1 unspecified atom stereocenters. The van der Waals surface area contributed by atoms with Gasteiger partial charge in [-0.3, -0.25) is 9.89 Å². The van der Waals surface area contributed by atoms with E-state index in [0.29, 0.717) is 24.3 Å². The molecule has 0 aliphatic rings. The molecule has 3 rings (SSSR count).